The van der Waals surface area contributed by atoms with Gasteiger partial charge in [0, 0.05) is 21.1 Å². The Morgan fingerprint density at radius 2 is 2.25 bits per heavy atom. The topological polar surface area (TPSA) is 82.7 Å². The van der Waals surface area contributed by atoms with E-state index in [1.165, 1.54) is 0 Å². The van der Waals surface area contributed by atoms with E-state index >= 15 is 0 Å². The van der Waals surface area contributed by atoms with E-state index in [4.69, 9.17) is 15.7 Å². The van der Waals surface area contributed by atoms with Crippen molar-refractivity contribution in [2.45, 2.75) is 32.4 Å². The van der Waals surface area contributed by atoms with E-state index in [0.717, 1.165) is 5.71 Å². The maximum Gasteiger partial charge on any atom is 0.307 e. The fourth-order valence-electron chi connectivity index (χ4n) is 2.47. The summed E-state index contributed by atoms with van der Waals surface area (Å²) >= 11 is 0. The first kappa shape index (κ1) is 13.7. The summed E-state index contributed by atoms with van der Waals surface area (Å²) in [5.74, 6) is -1.34. The number of oxime groups is 1. The Kier molecular flexibility index (Phi) is 4.13. The van der Waals surface area contributed by atoms with E-state index in [-0.39, 0.29) is 39.0 Å². The SMILES string of the molecule is CC(C)C1=NOC2C([NH-])CC(C(=O)O)C12.[W]. The van der Waals surface area contributed by atoms with Crippen molar-refractivity contribution in [1.82, 2.24) is 0 Å². The minimum Gasteiger partial charge on any atom is -0.672 e. The molecule has 2 N–H and O–H groups in total. The minimum absolute atomic E-state index is 0. The monoisotopic (exact) mass is 395 g/mol. The van der Waals surface area contributed by atoms with Crippen molar-refractivity contribution in [2.75, 3.05) is 0 Å². The van der Waals surface area contributed by atoms with Crippen LogP contribution >= 0.6 is 0 Å². The molecule has 0 aromatic rings. The van der Waals surface area contributed by atoms with Crippen LogP contribution in [0.5, 0.6) is 0 Å². The van der Waals surface area contributed by atoms with E-state index in [1.54, 1.807) is 0 Å². The van der Waals surface area contributed by atoms with Crippen LogP contribution in [0, 0.1) is 17.8 Å². The molecule has 0 amide bonds. The van der Waals surface area contributed by atoms with Crippen molar-refractivity contribution < 1.29 is 35.8 Å². The fourth-order valence-corrected chi connectivity index (χ4v) is 2.47. The van der Waals surface area contributed by atoms with Crippen LogP contribution in [-0.2, 0) is 30.7 Å². The molecule has 1 aliphatic carbocycles. The van der Waals surface area contributed by atoms with Crippen LogP contribution in [-0.4, -0.2) is 28.9 Å². The van der Waals surface area contributed by atoms with Crippen molar-refractivity contribution in [2.24, 2.45) is 22.9 Å². The molecule has 0 spiro atoms. The molecule has 0 aromatic heterocycles. The van der Waals surface area contributed by atoms with Gasteiger partial charge in [-0.25, -0.2) is 0 Å². The predicted octanol–water partition coefficient (Wildman–Crippen LogP) is 1.54. The Labute approximate surface area is 109 Å². The summed E-state index contributed by atoms with van der Waals surface area (Å²) in [6.07, 6.45) is 0.0275. The van der Waals surface area contributed by atoms with Gasteiger partial charge in [0.05, 0.1) is 17.5 Å². The first-order valence-corrected chi connectivity index (χ1v) is 5.20. The molecule has 1 aliphatic heterocycles. The third-order valence-electron chi connectivity index (χ3n) is 3.22. The molecule has 0 saturated heterocycles. The van der Waals surface area contributed by atoms with Crippen molar-refractivity contribution >= 4 is 11.7 Å². The van der Waals surface area contributed by atoms with Crippen LogP contribution in [0.3, 0.4) is 0 Å². The maximum absolute atomic E-state index is 11.1. The van der Waals surface area contributed by atoms with Crippen LogP contribution in [0.2, 0.25) is 0 Å². The number of carbonyl (C=O) groups is 1. The molecule has 0 aromatic carbocycles. The fraction of sp³-hybridized carbons (Fsp3) is 0.800. The summed E-state index contributed by atoms with van der Waals surface area (Å²) in [6, 6.07) is -0.462. The molecule has 1 saturated carbocycles. The second kappa shape index (κ2) is 4.84. The zero-order valence-electron chi connectivity index (χ0n) is 9.21. The first-order valence-electron chi connectivity index (χ1n) is 5.20. The zero-order valence-corrected chi connectivity index (χ0v) is 12.1. The Morgan fingerprint density at radius 1 is 1.62 bits per heavy atom. The van der Waals surface area contributed by atoms with E-state index in [2.05, 4.69) is 5.16 Å². The number of carboxylic acids is 1. The van der Waals surface area contributed by atoms with Crippen LogP contribution in [0.1, 0.15) is 20.3 Å². The number of rotatable bonds is 2. The van der Waals surface area contributed by atoms with Gasteiger partial charge < -0.3 is 15.7 Å². The quantitative estimate of drug-likeness (QED) is 0.770. The smallest absolute Gasteiger partial charge is 0.307 e. The number of aliphatic carboxylic acids is 1. The van der Waals surface area contributed by atoms with Crippen LogP contribution < -0.4 is 0 Å². The van der Waals surface area contributed by atoms with Crippen LogP contribution in [0.15, 0.2) is 5.16 Å². The Bertz CT molecular complexity index is 319. The number of hydrogen-bond donors (Lipinski definition) is 1. The predicted molar refractivity (Wildman–Crippen MR) is 54.5 cm³/mol. The summed E-state index contributed by atoms with van der Waals surface area (Å²) in [7, 11) is 0. The van der Waals surface area contributed by atoms with Gasteiger partial charge in [0.2, 0.25) is 0 Å². The molecule has 5 nitrogen and oxygen atoms in total. The molecule has 2 rings (SSSR count). The number of fused-ring (bicyclic) bond motifs is 1. The molecule has 1 fully saturated rings. The summed E-state index contributed by atoms with van der Waals surface area (Å²) in [6.45, 7) is 3.95. The van der Waals surface area contributed by atoms with E-state index in [1.807, 2.05) is 13.8 Å². The molecule has 0 radical (unpaired) electrons. The zero-order chi connectivity index (χ0) is 11.2. The van der Waals surface area contributed by atoms with Crippen molar-refractivity contribution in [1.29, 1.82) is 0 Å². The number of nitrogens with one attached hydrogen (secondary N) is 1. The molecule has 6 heteroatoms. The molecule has 1 heterocycles. The Hall–Kier alpha value is -0.412. The molecular weight excluding hydrogens is 380 g/mol. The van der Waals surface area contributed by atoms with Crippen molar-refractivity contribution in [3.8, 4) is 0 Å². The van der Waals surface area contributed by atoms with E-state index in [0.29, 0.717) is 6.42 Å². The van der Waals surface area contributed by atoms with Crippen molar-refractivity contribution in [3.05, 3.63) is 5.73 Å². The summed E-state index contributed by atoms with van der Waals surface area (Å²) in [5, 5.41) is 13.0. The van der Waals surface area contributed by atoms with Crippen molar-refractivity contribution in [3.63, 3.8) is 0 Å². The average molecular weight is 395 g/mol. The van der Waals surface area contributed by atoms with Gasteiger partial charge in [0.25, 0.3) is 0 Å². The van der Waals surface area contributed by atoms with Gasteiger partial charge in [0.15, 0.2) is 0 Å². The minimum atomic E-state index is -0.835. The largest absolute Gasteiger partial charge is 0.672 e. The molecule has 4 atom stereocenters. The van der Waals surface area contributed by atoms with E-state index < -0.39 is 17.9 Å². The van der Waals surface area contributed by atoms with E-state index in [9.17, 15) is 4.79 Å². The third kappa shape index (κ3) is 2.03. The van der Waals surface area contributed by atoms with Crippen LogP contribution in [0.4, 0.5) is 0 Å². The van der Waals surface area contributed by atoms with Gasteiger partial charge in [-0.15, -0.1) is 0 Å². The number of nitrogens with zero attached hydrogens (tertiary/aromatic N) is 1. The standard InChI is InChI=1S/C10H15N2O3.W/c1-4(2)8-7-5(10(13)14)3-6(11)9(7)15-12-8;/h4-7,9,11H,3H2,1-2H3,(H,13,14);/q-1;. The van der Waals surface area contributed by atoms with Gasteiger partial charge in [-0.2, -0.15) is 0 Å². The Morgan fingerprint density at radius 3 is 2.75 bits per heavy atom. The maximum atomic E-state index is 11.1. The number of carboxylic acid groups (broad SMARTS) is 1. The molecule has 90 valence electrons. The molecule has 2 aliphatic rings. The van der Waals surface area contributed by atoms with Crippen LogP contribution in [0.25, 0.3) is 5.73 Å². The van der Waals surface area contributed by atoms with Gasteiger partial charge in [-0.3, -0.25) is 4.79 Å². The summed E-state index contributed by atoms with van der Waals surface area (Å²) in [4.78, 5) is 16.2. The van der Waals surface area contributed by atoms with Gasteiger partial charge >= 0.3 is 5.97 Å². The average Bonchev–Trinajstić information content (AvgIpc) is 2.66. The summed E-state index contributed by atoms with van der Waals surface area (Å²) in [5.41, 5.74) is 8.56. The molecule has 16 heavy (non-hydrogen) atoms. The third-order valence-corrected chi connectivity index (χ3v) is 3.22. The normalized spacial score (nSPS) is 36.4. The first-order chi connectivity index (χ1) is 7.02. The molecule has 4 unspecified atom stereocenters. The second-order valence-corrected chi connectivity index (χ2v) is 4.55. The van der Waals surface area contributed by atoms with Gasteiger partial charge in [-0.05, 0) is 5.92 Å². The Balaban J connectivity index is 0.00000128. The van der Waals surface area contributed by atoms with Gasteiger partial charge in [-0.1, -0.05) is 31.5 Å². The number of hydrogen-bond acceptors (Lipinski definition) is 3. The summed E-state index contributed by atoms with van der Waals surface area (Å²) < 4.78 is 0. The second-order valence-electron chi connectivity index (χ2n) is 4.55. The van der Waals surface area contributed by atoms with Gasteiger partial charge in [0.1, 0.15) is 6.10 Å². The molecular formula is C10H15N2O3W-. The molecule has 0 bridgehead atoms.